The third-order valence-corrected chi connectivity index (χ3v) is 12.3. The minimum Gasteiger partial charge on any atom is -0.353 e. The van der Waals surface area contributed by atoms with Gasteiger partial charge in [0, 0.05) is 12.2 Å². The number of halogens is 1. The van der Waals surface area contributed by atoms with E-state index in [9.17, 15) is 9.59 Å². The van der Waals surface area contributed by atoms with Gasteiger partial charge in [0.15, 0.2) is 0 Å². The summed E-state index contributed by atoms with van der Waals surface area (Å²) in [5, 5.41) is 6.01. The van der Waals surface area contributed by atoms with Crippen LogP contribution in [0.3, 0.4) is 0 Å². The molecule has 0 aliphatic carbocycles. The zero-order valence-corrected chi connectivity index (χ0v) is 22.8. The molecule has 7 heteroatoms. The number of hydrogen-bond acceptors (Lipinski definition) is 3. The van der Waals surface area contributed by atoms with E-state index in [1.165, 1.54) is 10.4 Å². The first-order valence-corrected chi connectivity index (χ1v) is 14.7. The Morgan fingerprint density at radius 1 is 0.941 bits per heavy atom. The van der Waals surface area contributed by atoms with Crippen LogP contribution >= 0.6 is 12.4 Å². The number of hydrogen-bond donors (Lipinski definition) is 2. The highest BCUT2D eigenvalue weighted by Gasteiger charge is 2.45. The van der Waals surface area contributed by atoms with Gasteiger partial charge in [0.2, 0.25) is 11.8 Å². The first-order chi connectivity index (χ1) is 15.7. The van der Waals surface area contributed by atoms with Crippen LogP contribution in [0.4, 0.5) is 0 Å². The maximum atomic E-state index is 13.7. The number of carbonyl (C=O) groups is 2. The van der Waals surface area contributed by atoms with Crippen molar-refractivity contribution in [1.29, 1.82) is 0 Å². The summed E-state index contributed by atoms with van der Waals surface area (Å²) >= 11 is 0. The lowest BCUT2D eigenvalue weighted by atomic mass is 10.0. The average molecular weight is 502 g/mol. The van der Waals surface area contributed by atoms with Crippen molar-refractivity contribution in [2.24, 2.45) is 17.6 Å². The lowest BCUT2D eigenvalue weighted by Crippen LogP contribution is -2.71. The monoisotopic (exact) mass is 501 g/mol. The fourth-order valence-corrected chi connectivity index (χ4v) is 9.69. The Kier molecular flexibility index (Phi) is 9.92. The number of likely N-dealkylation sites (tertiary alicyclic amines) is 1. The predicted molar refractivity (Wildman–Crippen MR) is 145 cm³/mol. The van der Waals surface area contributed by atoms with E-state index in [1.54, 1.807) is 4.90 Å². The van der Waals surface area contributed by atoms with Crippen LogP contribution in [0, 0.1) is 11.8 Å². The number of amides is 2. The van der Waals surface area contributed by atoms with Crippen molar-refractivity contribution in [1.82, 2.24) is 10.2 Å². The molecule has 2 amide bonds. The van der Waals surface area contributed by atoms with Gasteiger partial charge in [0.1, 0.15) is 14.1 Å². The van der Waals surface area contributed by atoms with Crippen molar-refractivity contribution in [2.45, 2.75) is 64.8 Å². The Morgan fingerprint density at radius 3 is 1.88 bits per heavy atom. The lowest BCUT2D eigenvalue weighted by molar-refractivity contribution is -0.140. The summed E-state index contributed by atoms with van der Waals surface area (Å²) in [6, 6.07) is 20.1. The Hall–Kier alpha value is -2.15. The highest BCUT2D eigenvalue weighted by atomic mass is 35.5. The van der Waals surface area contributed by atoms with E-state index in [2.05, 4.69) is 74.2 Å². The maximum Gasteiger partial charge on any atom is 0.242 e. The molecule has 0 saturated carbocycles. The summed E-state index contributed by atoms with van der Waals surface area (Å²) in [7, 11) is -2.36. The topological polar surface area (TPSA) is 75.4 Å². The van der Waals surface area contributed by atoms with Gasteiger partial charge in [0.05, 0.1) is 6.04 Å². The molecule has 3 atom stereocenters. The molecule has 0 unspecified atom stereocenters. The summed E-state index contributed by atoms with van der Waals surface area (Å²) in [4.78, 5) is 28.4. The Balaban J connectivity index is 0.00000408. The fourth-order valence-electron chi connectivity index (χ4n) is 5.10. The van der Waals surface area contributed by atoms with E-state index < -0.39 is 20.2 Å². The Labute approximate surface area is 211 Å². The summed E-state index contributed by atoms with van der Waals surface area (Å²) in [6.45, 7) is 11.2. The van der Waals surface area contributed by atoms with Crippen LogP contribution in [0.15, 0.2) is 60.7 Å². The maximum absolute atomic E-state index is 13.7. The second-order valence-corrected chi connectivity index (χ2v) is 14.3. The molecule has 2 aromatic carbocycles. The molecule has 3 N–H and O–H groups in total. The molecule has 1 aliphatic heterocycles. The molecule has 0 radical (unpaired) electrons. The predicted octanol–water partition coefficient (Wildman–Crippen LogP) is 2.96. The van der Waals surface area contributed by atoms with Crippen molar-refractivity contribution in [2.75, 3.05) is 6.54 Å². The molecule has 5 nitrogen and oxygen atoms in total. The van der Waals surface area contributed by atoms with Gasteiger partial charge in [-0.1, -0.05) is 105 Å². The van der Waals surface area contributed by atoms with Crippen LogP contribution in [0.5, 0.6) is 0 Å². The van der Waals surface area contributed by atoms with Gasteiger partial charge in [-0.15, -0.1) is 12.4 Å². The van der Waals surface area contributed by atoms with Crippen LogP contribution in [-0.4, -0.2) is 49.1 Å². The minimum atomic E-state index is -2.36. The van der Waals surface area contributed by atoms with Gasteiger partial charge in [0.25, 0.3) is 0 Å². The molecule has 186 valence electrons. The minimum absolute atomic E-state index is 0. The molecule has 1 aliphatic rings. The zero-order chi connectivity index (χ0) is 24.2. The molecule has 1 fully saturated rings. The van der Waals surface area contributed by atoms with E-state index >= 15 is 0 Å². The van der Waals surface area contributed by atoms with Gasteiger partial charge < -0.3 is 16.0 Å². The van der Waals surface area contributed by atoms with E-state index in [0.717, 1.165) is 6.42 Å². The highest BCUT2D eigenvalue weighted by molar-refractivity contribution is 7.02. The number of carbonyl (C=O) groups excluding carboxylic acids is 2. The Bertz CT molecular complexity index is 900. The molecule has 1 saturated heterocycles. The van der Waals surface area contributed by atoms with Crippen LogP contribution in [-0.2, 0) is 9.59 Å². The molecule has 0 spiro atoms. The second kappa shape index (κ2) is 12.0. The molecule has 34 heavy (non-hydrogen) atoms. The normalized spacial score (nSPS) is 17.9. The summed E-state index contributed by atoms with van der Waals surface area (Å²) in [6.07, 6.45) is 1.51. The lowest BCUT2D eigenvalue weighted by Gasteiger charge is -2.41. The summed E-state index contributed by atoms with van der Waals surface area (Å²) in [5.41, 5.74) is 6.13. The number of nitrogens with one attached hydrogen (secondary N) is 1. The number of benzene rings is 2. The largest absolute Gasteiger partial charge is 0.353 e. The van der Waals surface area contributed by atoms with Crippen LogP contribution < -0.4 is 21.4 Å². The summed E-state index contributed by atoms with van der Waals surface area (Å²) in [5.74, 6) is 0.0996. The first kappa shape index (κ1) is 28.1. The standard InChI is InChI=1S/C27H39N3O2Si.ClH/c1-19(2)24(28)27(32)30-18-12-17-23(30)25(31)29-26(20(3)4)33(5,21-13-8-6-9-14-21)22-15-10-7-11-16-22;/h6-11,13-16,19-20,23-24,26H,12,17-18,28H2,1-5H3,(H,29,31);1H/t23-,24-,26+;/m0./s1. The van der Waals surface area contributed by atoms with Crippen molar-refractivity contribution in [3.8, 4) is 0 Å². The average Bonchev–Trinajstić information content (AvgIpc) is 3.32. The summed E-state index contributed by atoms with van der Waals surface area (Å²) < 4.78 is 0. The third kappa shape index (κ3) is 5.73. The molecule has 0 aromatic heterocycles. The van der Waals surface area contributed by atoms with E-state index in [4.69, 9.17) is 5.73 Å². The van der Waals surface area contributed by atoms with Crippen LogP contribution in [0.1, 0.15) is 40.5 Å². The number of rotatable bonds is 8. The second-order valence-electron chi connectivity index (χ2n) is 10.1. The van der Waals surface area contributed by atoms with Crippen LogP contribution in [0.2, 0.25) is 6.55 Å². The zero-order valence-electron chi connectivity index (χ0n) is 21.0. The molecule has 1 heterocycles. The van der Waals surface area contributed by atoms with Gasteiger partial charge in [-0.2, -0.15) is 0 Å². The van der Waals surface area contributed by atoms with E-state index in [0.29, 0.717) is 13.0 Å². The fraction of sp³-hybridized carbons (Fsp3) is 0.481. The van der Waals surface area contributed by atoms with Gasteiger partial charge in [-0.05, 0) is 24.7 Å². The smallest absolute Gasteiger partial charge is 0.242 e. The van der Waals surface area contributed by atoms with Gasteiger partial charge in [-0.25, -0.2) is 0 Å². The van der Waals surface area contributed by atoms with Crippen molar-refractivity contribution in [3.63, 3.8) is 0 Å². The number of nitrogens with two attached hydrogens (primary N) is 1. The third-order valence-electron chi connectivity index (χ3n) is 7.18. The molecule has 2 aromatic rings. The van der Waals surface area contributed by atoms with Gasteiger partial charge in [-0.3, -0.25) is 9.59 Å². The van der Waals surface area contributed by atoms with E-state index in [-0.39, 0.29) is 41.7 Å². The highest BCUT2D eigenvalue weighted by Crippen LogP contribution is 2.23. The van der Waals surface area contributed by atoms with Crippen molar-refractivity contribution < 1.29 is 9.59 Å². The quantitative estimate of drug-likeness (QED) is 0.546. The molecule has 0 bridgehead atoms. The number of nitrogens with zero attached hydrogens (tertiary/aromatic N) is 1. The van der Waals surface area contributed by atoms with Crippen molar-refractivity contribution >= 4 is 42.7 Å². The Morgan fingerprint density at radius 2 is 1.44 bits per heavy atom. The van der Waals surface area contributed by atoms with Crippen LogP contribution in [0.25, 0.3) is 0 Å². The van der Waals surface area contributed by atoms with Crippen molar-refractivity contribution in [3.05, 3.63) is 60.7 Å². The molecular weight excluding hydrogens is 462 g/mol. The molecule has 3 rings (SSSR count). The molecular formula is C27H40ClN3O2Si. The van der Waals surface area contributed by atoms with E-state index in [1.807, 2.05) is 26.0 Å². The first-order valence-electron chi connectivity index (χ1n) is 12.1. The SMILES string of the molecule is CC(C)[C@H](N)C(=O)N1CCC[C@H]1C(=O)N[C@@H](C(C)C)[Si](C)(c1ccccc1)c1ccccc1.Cl. The van der Waals surface area contributed by atoms with Gasteiger partial charge >= 0.3 is 0 Å².